The minimum absolute atomic E-state index is 0.155. The molecule has 0 saturated heterocycles. The van der Waals surface area contributed by atoms with E-state index in [0.717, 1.165) is 11.4 Å². The summed E-state index contributed by atoms with van der Waals surface area (Å²) in [7, 11) is 0. The van der Waals surface area contributed by atoms with E-state index in [4.69, 9.17) is 5.84 Å². The van der Waals surface area contributed by atoms with Crippen molar-refractivity contribution >= 4 is 11.3 Å². The third-order valence-corrected chi connectivity index (χ3v) is 4.39. The number of hydrogen-bond acceptors (Lipinski definition) is 4. The average molecular weight is 259 g/mol. The fourth-order valence-corrected chi connectivity index (χ4v) is 3.27. The van der Waals surface area contributed by atoms with Gasteiger partial charge in [0.15, 0.2) is 0 Å². The van der Waals surface area contributed by atoms with Crippen LogP contribution < -0.4 is 11.3 Å². The van der Waals surface area contributed by atoms with Gasteiger partial charge in [0, 0.05) is 18.0 Å². The maximum Gasteiger partial charge on any atom is 0.0944 e. The van der Waals surface area contributed by atoms with E-state index in [1.165, 1.54) is 36.0 Å². The highest BCUT2D eigenvalue weighted by molar-refractivity contribution is 7.09. The Morgan fingerprint density at radius 1 is 1.33 bits per heavy atom. The largest absolute Gasteiger partial charge is 0.271 e. The quantitative estimate of drug-likeness (QED) is 0.655. The molecule has 1 aromatic heterocycles. The minimum atomic E-state index is 0.155. The van der Waals surface area contributed by atoms with Gasteiger partial charge < -0.3 is 0 Å². The summed E-state index contributed by atoms with van der Waals surface area (Å²) in [5.74, 6) is 5.69. The number of thiazole rings is 1. The van der Waals surface area contributed by atoms with E-state index in [1.807, 2.05) is 11.6 Å². The molecule has 0 radical (unpaired) electrons. The molecular weight excluding hydrogens is 242 g/mol. The molecule has 0 saturated carbocycles. The lowest BCUT2D eigenvalue weighted by molar-refractivity contribution is 0.550. The molecule has 1 aliphatic carbocycles. The van der Waals surface area contributed by atoms with Crippen molar-refractivity contribution in [3.63, 3.8) is 0 Å². The van der Waals surface area contributed by atoms with E-state index < -0.39 is 0 Å². The first-order chi connectivity index (χ1) is 8.86. The van der Waals surface area contributed by atoms with Gasteiger partial charge in [-0.3, -0.25) is 11.3 Å². The molecule has 0 fully saturated rings. The van der Waals surface area contributed by atoms with E-state index in [0.29, 0.717) is 0 Å². The summed E-state index contributed by atoms with van der Waals surface area (Å²) < 4.78 is 0. The molecule has 0 amide bonds. The second-order valence-electron chi connectivity index (χ2n) is 4.73. The van der Waals surface area contributed by atoms with Crippen molar-refractivity contribution in [2.45, 2.75) is 31.7 Å². The van der Waals surface area contributed by atoms with Gasteiger partial charge in [-0.25, -0.2) is 4.98 Å². The van der Waals surface area contributed by atoms with Crippen LogP contribution in [0.2, 0.25) is 0 Å². The van der Waals surface area contributed by atoms with Gasteiger partial charge in [0.05, 0.1) is 11.0 Å². The van der Waals surface area contributed by atoms with E-state index >= 15 is 0 Å². The number of nitrogens with two attached hydrogens (primary N) is 1. The van der Waals surface area contributed by atoms with E-state index in [-0.39, 0.29) is 6.04 Å². The molecule has 0 aliphatic heterocycles. The number of hydrazine groups is 1. The van der Waals surface area contributed by atoms with Crippen LogP contribution in [0, 0.1) is 0 Å². The summed E-state index contributed by atoms with van der Waals surface area (Å²) >= 11 is 1.68. The highest BCUT2D eigenvalue weighted by Gasteiger charge is 2.16. The van der Waals surface area contributed by atoms with Crippen molar-refractivity contribution in [2.75, 3.05) is 0 Å². The Morgan fingerprint density at radius 2 is 2.22 bits per heavy atom. The molecular formula is C14H17N3S. The molecule has 3 nitrogen and oxygen atoms in total. The lowest BCUT2D eigenvalue weighted by atomic mass is 9.99. The van der Waals surface area contributed by atoms with Crippen LogP contribution >= 0.6 is 11.3 Å². The highest BCUT2D eigenvalue weighted by Crippen LogP contribution is 2.26. The summed E-state index contributed by atoms with van der Waals surface area (Å²) in [5.41, 5.74) is 7.18. The van der Waals surface area contributed by atoms with E-state index in [1.54, 1.807) is 11.3 Å². The SMILES string of the molecule is NNC(Cc1nccs1)c1ccc2c(c1)CCC2. The second kappa shape index (κ2) is 5.18. The van der Waals surface area contributed by atoms with Gasteiger partial charge in [0.2, 0.25) is 0 Å². The summed E-state index contributed by atoms with van der Waals surface area (Å²) in [6.45, 7) is 0. The van der Waals surface area contributed by atoms with Gasteiger partial charge in [0.1, 0.15) is 0 Å². The highest BCUT2D eigenvalue weighted by atomic mass is 32.1. The van der Waals surface area contributed by atoms with Crippen molar-refractivity contribution in [1.29, 1.82) is 0 Å². The first-order valence-corrected chi connectivity index (χ1v) is 7.21. The Labute approximate surface area is 111 Å². The van der Waals surface area contributed by atoms with Gasteiger partial charge in [-0.15, -0.1) is 11.3 Å². The summed E-state index contributed by atoms with van der Waals surface area (Å²) in [5, 5.41) is 3.13. The Kier molecular flexibility index (Phi) is 3.41. The van der Waals surface area contributed by atoms with Gasteiger partial charge in [0.25, 0.3) is 0 Å². The predicted octanol–water partition coefficient (Wildman–Crippen LogP) is 2.38. The van der Waals surface area contributed by atoms with Crippen molar-refractivity contribution in [3.05, 3.63) is 51.5 Å². The van der Waals surface area contributed by atoms with Crippen molar-refractivity contribution in [3.8, 4) is 0 Å². The van der Waals surface area contributed by atoms with Gasteiger partial charge in [-0.2, -0.15) is 0 Å². The molecule has 3 N–H and O–H groups in total. The topological polar surface area (TPSA) is 50.9 Å². The normalized spacial score (nSPS) is 15.6. The Bertz CT molecular complexity index is 522. The van der Waals surface area contributed by atoms with Crippen molar-refractivity contribution < 1.29 is 0 Å². The van der Waals surface area contributed by atoms with Gasteiger partial charge >= 0.3 is 0 Å². The number of nitrogens with one attached hydrogen (secondary N) is 1. The predicted molar refractivity (Wildman–Crippen MR) is 74.3 cm³/mol. The Hall–Kier alpha value is -1.23. The van der Waals surface area contributed by atoms with Crippen LogP contribution in [0.4, 0.5) is 0 Å². The Morgan fingerprint density at radius 3 is 3.00 bits per heavy atom. The van der Waals surface area contributed by atoms with Crippen LogP contribution in [0.25, 0.3) is 0 Å². The van der Waals surface area contributed by atoms with Gasteiger partial charge in [-0.05, 0) is 36.0 Å². The lowest BCUT2D eigenvalue weighted by Crippen LogP contribution is -2.29. The monoisotopic (exact) mass is 259 g/mol. The second-order valence-corrected chi connectivity index (χ2v) is 5.71. The molecule has 0 bridgehead atoms. The van der Waals surface area contributed by atoms with Crippen LogP contribution in [-0.2, 0) is 19.3 Å². The molecule has 4 heteroatoms. The zero-order valence-corrected chi connectivity index (χ0v) is 11.0. The summed E-state index contributed by atoms with van der Waals surface area (Å²) in [4.78, 5) is 4.32. The molecule has 0 spiro atoms. The first kappa shape index (κ1) is 11.8. The van der Waals surface area contributed by atoms with Gasteiger partial charge in [-0.1, -0.05) is 18.2 Å². The number of rotatable bonds is 4. The fraction of sp³-hybridized carbons (Fsp3) is 0.357. The molecule has 3 rings (SSSR count). The lowest BCUT2D eigenvalue weighted by Gasteiger charge is -2.16. The number of benzene rings is 1. The molecule has 94 valence electrons. The molecule has 1 aliphatic rings. The number of aromatic nitrogens is 1. The van der Waals surface area contributed by atoms with Crippen LogP contribution in [0.1, 0.15) is 34.2 Å². The maximum atomic E-state index is 5.69. The molecule has 1 unspecified atom stereocenters. The van der Waals surface area contributed by atoms with Crippen LogP contribution in [0.5, 0.6) is 0 Å². The van der Waals surface area contributed by atoms with Crippen LogP contribution in [-0.4, -0.2) is 4.98 Å². The number of hydrogen-bond donors (Lipinski definition) is 2. The standard InChI is InChI=1S/C14H17N3S/c15-17-13(9-14-16-6-7-18-14)12-5-4-10-2-1-3-11(10)8-12/h4-8,13,17H,1-3,9,15H2. The number of fused-ring (bicyclic) bond motifs is 1. The maximum absolute atomic E-state index is 5.69. The third-order valence-electron chi connectivity index (χ3n) is 3.59. The average Bonchev–Trinajstić information content (AvgIpc) is 3.06. The van der Waals surface area contributed by atoms with Crippen molar-refractivity contribution in [1.82, 2.24) is 10.4 Å². The number of aryl methyl sites for hydroxylation is 2. The van der Waals surface area contributed by atoms with Crippen LogP contribution in [0.3, 0.4) is 0 Å². The smallest absolute Gasteiger partial charge is 0.0944 e. The molecule has 1 heterocycles. The molecule has 18 heavy (non-hydrogen) atoms. The third kappa shape index (κ3) is 2.32. The zero-order valence-electron chi connectivity index (χ0n) is 10.2. The molecule has 1 atom stereocenters. The summed E-state index contributed by atoms with van der Waals surface area (Å²) in [6.07, 6.45) is 6.41. The van der Waals surface area contributed by atoms with E-state index in [2.05, 4.69) is 28.6 Å². The first-order valence-electron chi connectivity index (χ1n) is 6.33. The zero-order chi connectivity index (χ0) is 12.4. The Balaban J connectivity index is 1.83. The minimum Gasteiger partial charge on any atom is -0.271 e. The van der Waals surface area contributed by atoms with Crippen molar-refractivity contribution in [2.24, 2.45) is 5.84 Å². The summed E-state index contributed by atoms with van der Waals surface area (Å²) in [6, 6.07) is 6.91. The molecule has 1 aromatic carbocycles. The fourth-order valence-electron chi connectivity index (χ4n) is 2.61. The number of nitrogens with zero attached hydrogens (tertiary/aromatic N) is 1. The molecule has 2 aromatic rings. The van der Waals surface area contributed by atoms with E-state index in [9.17, 15) is 0 Å². The van der Waals surface area contributed by atoms with Crippen LogP contribution in [0.15, 0.2) is 29.8 Å².